The first-order valence-corrected chi connectivity index (χ1v) is 8.97. The Kier molecular flexibility index (Phi) is 6.12. The van der Waals surface area contributed by atoms with E-state index in [1.165, 1.54) is 0 Å². The minimum Gasteiger partial charge on any atom is -0.321 e. The molecule has 0 heterocycles. The fourth-order valence-corrected chi connectivity index (χ4v) is 2.61. The molecule has 0 saturated carbocycles. The first-order valence-electron chi connectivity index (χ1n) is 8.18. The molecule has 2 N–H and O–H groups in total. The van der Waals surface area contributed by atoms with E-state index in [9.17, 15) is 9.59 Å². The van der Waals surface area contributed by atoms with Crippen molar-refractivity contribution < 1.29 is 9.59 Å². The van der Waals surface area contributed by atoms with Crippen LogP contribution in [-0.2, 0) is 0 Å². The number of hydrazone groups is 1. The molecule has 5 nitrogen and oxygen atoms in total. The van der Waals surface area contributed by atoms with E-state index < -0.39 is 5.91 Å². The second kappa shape index (κ2) is 8.91. The van der Waals surface area contributed by atoms with Crippen LogP contribution < -0.4 is 10.7 Å². The molecule has 134 valence electrons. The van der Waals surface area contributed by atoms with Crippen molar-refractivity contribution in [1.82, 2.24) is 5.43 Å². The van der Waals surface area contributed by atoms with Gasteiger partial charge in [-0.2, -0.15) is 5.10 Å². The lowest BCUT2D eigenvalue weighted by Crippen LogP contribution is -2.21. The Labute approximate surface area is 165 Å². The van der Waals surface area contributed by atoms with Crippen LogP contribution in [0.15, 0.2) is 88.4 Å². The third-order valence-corrected chi connectivity index (χ3v) is 4.23. The van der Waals surface area contributed by atoms with Crippen LogP contribution in [0.4, 0.5) is 5.69 Å². The van der Waals surface area contributed by atoms with Crippen molar-refractivity contribution in [2.45, 2.75) is 0 Å². The summed E-state index contributed by atoms with van der Waals surface area (Å²) in [7, 11) is 0. The van der Waals surface area contributed by atoms with E-state index in [2.05, 4.69) is 31.8 Å². The average Bonchev–Trinajstić information content (AvgIpc) is 2.70. The van der Waals surface area contributed by atoms with Gasteiger partial charge in [0.15, 0.2) is 0 Å². The van der Waals surface area contributed by atoms with Crippen LogP contribution in [0.2, 0.25) is 0 Å². The molecule has 6 heteroatoms. The molecule has 3 aromatic rings. The van der Waals surface area contributed by atoms with E-state index in [0.717, 1.165) is 10.0 Å². The maximum absolute atomic E-state index is 12.4. The summed E-state index contributed by atoms with van der Waals surface area (Å²) >= 11 is 3.36. The molecular weight excluding hydrogens is 406 g/mol. The van der Waals surface area contributed by atoms with Gasteiger partial charge in [-0.1, -0.05) is 58.4 Å². The molecule has 2 amide bonds. The van der Waals surface area contributed by atoms with E-state index in [0.29, 0.717) is 16.8 Å². The second-order valence-corrected chi connectivity index (χ2v) is 6.53. The van der Waals surface area contributed by atoms with Crippen molar-refractivity contribution in [1.29, 1.82) is 0 Å². The standard InChI is InChI=1S/C21H16BrN3O2/c22-17-12-10-15(11-13-17)14-23-25-21(27)18-8-4-5-9-19(18)24-20(26)16-6-2-1-3-7-16/h1-14H,(H,24,26)(H,25,27)/b23-14+. The van der Waals surface area contributed by atoms with Crippen LogP contribution in [0.1, 0.15) is 26.3 Å². The lowest BCUT2D eigenvalue weighted by atomic mass is 10.1. The minimum atomic E-state index is -0.410. The van der Waals surface area contributed by atoms with Gasteiger partial charge in [-0.25, -0.2) is 5.43 Å². The smallest absolute Gasteiger partial charge is 0.273 e. The normalized spacial score (nSPS) is 10.6. The SMILES string of the molecule is O=C(Nc1ccccc1C(=O)N/N=C/c1ccc(Br)cc1)c1ccccc1. The van der Waals surface area contributed by atoms with Gasteiger partial charge in [0.1, 0.15) is 0 Å². The molecule has 0 radical (unpaired) electrons. The van der Waals surface area contributed by atoms with Gasteiger partial charge in [-0.05, 0) is 42.0 Å². The number of nitrogens with zero attached hydrogens (tertiary/aromatic N) is 1. The van der Waals surface area contributed by atoms with Crippen molar-refractivity contribution in [3.63, 3.8) is 0 Å². The minimum absolute atomic E-state index is 0.283. The Morgan fingerprint density at radius 3 is 2.22 bits per heavy atom. The number of hydrogen-bond acceptors (Lipinski definition) is 3. The van der Waals surface area contributed by atoms with Crippen LogP contribution in [0, 0.1) is 0 Å². The molecule has 0 aromatic heterocycles. The molecular formula is C21H16BrN3O2. The van der Waals surface area contributed by atoms with Gasteiger partial charge >= 0.3 is 0 Å². The van der Waals surface area contributed by atoms with E-state index in [1.54, 1.807) is 54.7 Å². The zero-order chi connectivity index (χ0) is 19.1. The predicted octanol–water partition coefficient (Wildman–Crippen LogP) is 4.47. The largest absolute Gasteiger partial charge is 0.321 e. The monoisotopic (exact) mass is 421 g/mol. The van der Waals surface area contributed by atoms with Gasteiger partial charge < -0.3 is 5.32 Å². The molecule has 0 bridgehead atoms. The zero-order valence-electron chi connectivity index (χ0n) is 14.2. The summed E-state index contributed by atoms with van der Waals surface area (Å²) in [4.78, 5) is 24.8. The third-order valence-electron chi connectivity index (χ3n) is 3.71. The molecule has 0 atom stereocenters. The number of hydrogen-bond donors (Lipinski definition) is 2. The highest BCUT2D eigenvalue weighted by Crippen LogP contribution is 2.16. The lowest BCUT2D eigenvalue weighted by Gasteiger charge is -2.10. The predicted molar refractivity (Wildman–Crippen MR) is 110 cm³/mol. The van der Waals surface area contributed by atoms with E-state index in [4.69, 9.17) is 0 Å². The Bertz CT molecular complexity index is 970. The third kappa shape index (κ3) is 5.12. The quantitative estimate of drug-likeness (QED) is 0.471. The molecule has 27 heavy (non-hydrogen) atoms. The van der Waals surface area contributed by atoms with Crippen LogP contribution in [0.3, 0.4) is 0 Å². The Morgan fingerprint density at radius 2 is 1.48 bits per heavy atom. The number of carbonyl (C=O) groups excluding carboxylic acids is 2. The molecule has 0 aliphatic heterocycles. The summed E-state index contributed by atoms with van der Waals surface area (Å²) in [5.41, 5.74) is 4.60. The second-order valence-electron chi connectivity index (χ2n) is 5.62. The summed E-state index contributed by atoms with van der Waals surface area (Å²) < 4.78 is 0.965. The molecule has 3 aromatic carbocycles. The maximum Gasteiger partial charge on any atom is 0.273 e. The van der Waals surface area contributed by atoms with Gasteiger partial charge in [0, 0.05) is 10.0 Å². The van der Waals surface area contributed by atoms with Crippen molar-refractivity contribution in [2.24, 2.45) is 5.10 Å². The first kappa shape index (κ1) is 18.5. The number of rotatable bonds is 5. The molecule has 0 aliphatic carbocycles. The molecule has 0 saturated heterocycles. The van der Waals surface area contributed by atoms with Crippen molar-refractivity contribution in [2.75, 3.05) is 5.32 Å². The number of para-hydroxylation sites is 1. The summed E-state index contributed by atoms with van der Waals surface area (Å²) in [5.74, 6) is -0.693. The van der Waals surface area contributed by atoms with Crippen molar-refractivity contribution in [3.8, 4) is 0 Å². The van der Waals surface area contributed by atoms with Crippen LogP contribution in [-0.4, -0.2) is 18.0 Å². The van der Waals surface area contributed by atoms with Gasteiger partial charge in [-0.3, -0.25) is 9.59 Å². The number of halogens is 1. The number of anilines is 1. The average molecular weight is 422 g/mol. The molecule has 0 spiro atoms. The number of carbonyl (C=O) groups is 2. The summed E-state index contributed by atoms with van der Waals surface area (Å²) in [5, 5.41) is 6.74. The van der Waals surface area contributed by atoms with E-state index in [-0.39, 0.29) is 5.91 Å². The van der Waals surface area contributed by atoms with Crippen LogP contribution in [0.25, 0.3) is 0 Å². The maximum atomic E-state index is 12.4. The summed E-state index contributed by atoms with van der Waals surface area (Å²) in [6, 6.07) is 23.1. The fourth-order valence-electron chi connectivity index (χ4n) is 2.35. The first-order chi connectivity index (χ1) is 13.1. The van der Waals surface area contributed by atoms with Crippen LogP contribution >= 0.6 is 15.9 Å². The molecule has 3 rings (SSSR count). The highest BCUT2D eigenvalue weighted by molar-refractivity contribution is 9.10. The lowest BCUT2D eigenvalue weighted by molar-refractivity contribution is 0.0956. The zero-order valence-corrected chi connectivity index (χ0v) is 15.8. The topological polar surface area (TPSA) is 70.6 Å². The van der Waals surface area contributed by atoms with E-state index >= 15 is 0 Å². The van der Waals surface area contributed by atoms with Crippen molar-refractivity contribution >= 4 is 39.6 Å². The Hall–Kier alpha value is -3.25. The summed E-state index contributed by atoms with van der Waals surface area (Å²) in [6.45, 7) is 0. The number of nitrogens with one attached hydrogen (secondary N) is 2. The van der Waals surface area contributed by atoms with Crippen LogP contribution in [0.5, 0.6) is 0 Å². The molecule has 0 unspecified atom stereocenters. The van der Waals surface area contributed by atoms with E-state index in [1.807, 2.05) is 30.3 Å². The van der Waals surface area contributed by atoms with Gasteiger partial charge in [-0.15, -0.1) is 0 Å². The highest BCUT2D eigenvalue weighted by atomic mass is 79.9. The van der Waals surface area contributed by atoms with Gasteiger partial charge in [0.05, 0.1) is 17.5 Å². The fraction of sp³-hybridized carbons (Fsp3) is 0. The van der Waals surface area contributed by atoms with Gasteiger partial charge in [0.25, 0.3) is 11.8 Å². The number of amides is 2. The molecule has 0 aliphatic rings. The van der Waals surface area contributed by atoms with Gasteiger partial charge in [0.2, 0.25) is 0 Å². The highest BCUT2D eigenvalue weighted by Gasteiger charge is 2.13. The number of benzene rings is 3. The van der Waals surface area contributed by atoms with Crippen molar-refractivity contribution in [3.05, 3.63) is 100 Å². The summed E-state index contributed by atoms with van der Waals surface area (Å²) in [6.07, 6.45) is 1.55. The Morgan fingerprint density at radius 1 is 0.815 bits per heavy atom. The Balaban J connectivity index is 1.70. The molecule has 0 fully saturated rings.